The number of piperazine rings is 1. The van der Waals surface area contributed by atoms with Gasteiger partial charge >= 0.3 is 5.97 Å². The number of aliphatic hydroxyl groups is 1. The van der Waals surface area contributed by atoms with Gasteiger partial charge in [0.05, 0.1) is 6.42 Å². The van der Waals surface area contributed by atoms with E-state index < -0.39 is 36.3 Å². The number of rotatable bonds is 4. The Kier molecular flexibility index (Phi) is 6.75. The molecule has 1 aromatic carbocycles. The number of hydrogen-bond donors (Lipinski definition) is 3. The highest BCUT2D eigenvalue weighted by Crippen LogP contribution is 2.23. The first-order valence-corrected chi connectivity index (χ1v) is 11.0. The Labute approximate surface area is 191 Å². The molecule has 10 nitrogen and oxygen atoms in total. The smallest absolute Gasteiger partial charge is 0.310 e. The highest BCUT2D eigenvalue weighted by molar-refractivity contribution is 5.98. The zero-order valence-electron chi connectivity index (χ0n) is 18.3. The summed E-state index contributed by atoms with van der Waals surface area (Å²) in [5, 5.41) is 15.3. The number of nitrogens with one attached hydrogen (secondary N) is 2. The second-order valence-electron chi connectivity index (χ2n) is 8.67. The normalized spacial score (nSPS) is 30.1. The lowest BCUT2D eigenvalue weighted by Crippen LogP contribution is -2.67. The van der Waals surface area contributed by atoms with Crippen LogP contribution in [0.15, 0.2) is 42.5 Å². The zero-order chi connectivity index (χ0) is 23.5. The Morgan fingerprint density at radius 2 is 1.79 bits per heavy atom. The standard InChI is InChI=1S/C23H28N4O6/c1-26-12-15-9-5-6-10-16(24-20(29)14-7-3-2-4-8-14)22(31)27(15)18(13-26)21(30)25-17-11-19(28)33-23(17)32/h2-8,15-18,23,32H,9-13H2,1H3,(H,24,29)(H,25,30)/t15-,16-,17?,18-,23?/m0/s1. The van der Waals surface area contributed by atoms with E-state index >= 15 is 0 Å². The molecule has 0 aliphatic carbocycles. The summed E-state index contributed by atoms with van der Waals surface area (Å²) in [6.45, 7) is 0.863. The number of esters is 1. The summed E-state index contributed by atoms with van der Waals surface area (Å²) in [5.74, 6) is -1.76. The van der Waals surface area contributed by atoms with Crippen molar-refractivity contribution in [1.29, 1.82) is 0 Å². The van der Waals surface area contributed by atoms with Gasteiger partial charge in [-0.15, -0.1) is 0 Å². The summed E-state index contributed by atoms with van der Waals surface area (Å²) in [4.78, 5) is 54.5. The zero-order valence-corrected chi connectivity index (χ0v) is 18.3. The molecule has 3 aliphatic heterocycles. The average Bonchev–Trinajstić information content (AvgIpc) is 3.10. The fourth-order valence-electron chi connectivity index (χ4n) is 4.56. The minimum atomic E-state index is -1.41. The molecule has 0 aromatic heterocycles. The molecule has 0 bridgehead atoms. The van der Waals surface area contributed by atoms with Crippen LogP contribution >= 0.6 is 0 Å². The lowest BCUT2D eigenvalue weighted by molar-refractivity contribution is -0.156. The van der Waals surface area contributed by atoms with Crippen molar-refractivity contribution >= 4 is 23.7 Å². The molecule has 1 aromatic rings. The van der Waals surface area contributed by atoms with Crippen molar-refractivity contribution in [3.63, 3.8) is 0 Å². The number of cyclic esters (lactones) is 1. The number of benzene rings is 1. The van der Waals surface area contributed by atoms with Gasteiger partial charge in [0.1, 0.15) is 18.1 Å². The molecule has 33 heavy (non-hydrogen) atoms. The second-order valence-corrected chi connectivity index (χ2v) is 8.67. The summed E-state index contributed by atoms with van der Waals surface area (Å²) in [6, 6.07) is 5.85. The molecule has 0 spiro atoms. The largest absolute Gasteiger partial charge is 0.434 e. The number of hydrogen-bond acceptors (Lipinski definition) is 7. The number of carbonyl (C=O) groups is 4. The number of ether oxygens (including phenoxy) is 1. The summed E-state index contributed by atoms with van der Waals surface area (Å²) < 4.78 is 4.70. The van der Waals surface area contributed by atoms with Crippen LogP contribution in [0.2, 0.25) is 0 Å². The van der Waals surface area contributed by atoms with Gasteiger partial charge in [-0.2, -0.15) is 0 Å². The van der Waals surface area contributed by atoms with Crippen molar-refractivity contribution < 1.29 is 29.0 Å². The van der Waals surface area contributed by atoms with Crippen molar-refractivity contribution in [2.24, 2.45) is 0 Å². The van der Waals surface area contributed by atoms with E-state index in [0.29, 0.717) is 24.9 Å². The van der Waals surface area contributed by atoms with Gasteiger partial charge in [-0.25, -0.2) is 0 Å². The van der Waals surface area contributed by atoms with Crippen molar-refractivity contribution in [2.45, 2.75) is 49.7 Å². The first kappa shape index (κ1) is 22.9. The Morgan fingerprint density at radius 3 is 2.48 bits per heavy atom. The summed E-state index contributed by atoms with van der Waals surface area (Å²) >= 11 is 0. The predicted octanol–water partition coefficient (Wildman–Crippen LogP) is -0.604. The molecule has 3 aliphatic rings. The Bertz CT molecular complexity index is 952. The summed E-state index contributed by atoms with van der Waals surface area (Å²) in [6.07, 6.45) is 3.19. The monoisotopic (exact) mass is 456 g/mol. The molecule has 176 valence electrons. The molecule has 5 atom stereocenters. The quantitative estimate of drug-likeness (QED) is 0.408. The first-order valence-electron chi connectivity index (χ1n) is 11.0. The van der Waals surface area contributed by atoms with E-state index in [1.807, 2.05) is 24.1 Å². The van der Waals surface area contributed by atoms with E-state index in [4.69, 9.17) is 4.74 Å². The van der Waals surface area contributed by atoms with Gasteiger partial charge < -0.3 is 30.3 Å². The fraction of sp³-hybridized carbons (Fsp3) is 0.478. The van der Waals surface area contributed by atoms with E-state index in [0.717, 1.165) is 0 Å². The highest BCUT2D eigenvalue weighted by Gasteiger charge is 2.44. The topological polar surface area (TPSA) is 128 Å². The van der Waals surface area contributed by atoms with Crippen LogP contribution in [-0.2, 0) is 19.1 Å². The highest BCUT2D eigenvalue weighted by atomic mass is 16.6. The molecule has 4 rings (SSSR count). The van der Waals surface area contributed by atoms with E-state index in [2.05, 4.69) is 10.6 Å². The Balaban J connectivity index is 1.55. The predicted molar refractivity (Wildman–Crippen MR) is 117 cm³/mol. The van der Waals surface area contributed by atoms with Crippen molar-refractivity contribution in [3.8, 4) is 0 Å². The van der Waals surface area contributed by atoms with E-state index in [9.17, 15) is 24.3 Å². The molecular formula is C23H28N4O6. The van der Waals surface area contributed by atoms with Gasteiger partial charge in [0, 0.05) is 24.7 Å². The third kappa shape index (κ3) is 5.07. The first-order chi connectivity index (χ1) is 15.8. The van der Waals surface area contributed by atoms with Gasteiger partial charge in [0.2, 0.25) is 18.1 Å². The van der Waals surface area contributed by atoms with E-state index in [1.54, 1.807) is 35.2 Å². The maximum atomic E-state index is 13.6. The van der Waals surface area contributed by atoms with E-state index in [-0.39, 0.29) is 30.8 Å². The molecule has 0 saturated carbocycles. The third-order valence-corrected chi connectivity index (χ3v) is 6.19. The minimum Gasteiger partial charge on any atom is -0.434 e. The number of likely N-dealkylation sites (N-methyl/N-ethyl adjacent to an activating group) is 1. The van der Waals surface area contributed by atoms with Gasteiger partial charge in [-0.1, -0.05) is 30.4 Å². The molecule has 3 amide bonds. The molecule has 0 radical (unpaired) electrons. The number of amides is 3. The van der Waals surface area contributed by atoms with Crippen LogP contribution in [0.4, 0.5) is 0 Å². The fourth-order valence-corrected chi connectivity index (χ4v) is 4.56. The number of aliphatic hydroxyl groups excluding tert-OH is 1. The number of nitrogens with zero attached hydrogens (tertiary/aromatic N) is 2. The van der Waals surface area contributed by atoms with Gasteiger partial charge in [0.15, 0.2) is 0 Å². The van der Waals surface area contributed by atoms with Gasteiger partial charge in [-0.05, 0) is 32.0 Å². The molecule has 3 heterocycles. The molecule has 2 fully saturated rings. The molecule has 2 saturated heterocycles. The summed E-state index contributed by atoms with van der Waals surface area (Å²) in [7, 11) is 1.87. The van der Waals surface area contributed by atoms with Crippen molar-refractivity contribution in [2.75, 3.05) is 20.1 Å². The van der Waals surface area contributed by atoms with Crippen LogP contribution in [0.25, 0.3) is 0 Å². The molecule has 3 N–H and O–H groups in total. The van der Waals surface area contributed by atoms with Crippen LogP contribution in [0.3, 0.4) is 0 Å². The third-order valence-electron chi connectivity index (χ3n) is 6.19. The van der Waals surface area contributed by atoms with Crippen LogP contribution in [-0.4, -0.2) is 89.2 Å². The second kappa shape index (κ2) is 9.72. The van der Waals surface area contributed by atoms with Crippen molar-refractivity contribution in [3.05, 3.63) is 48.0 Å². The maximum absolute atomic E-state index is 13.6. The van der Waals surface area contributed by atoms with Gasteiger partial charge in [-0.3, -0.25) is 19.2 Å². The molecule has 2 unspecified atom stereocenters. The molecular weight excluding hydrogens is 428 g/mol. The van der Waals surface area contributed by atoms with Crippen LogP contribution < -0.4 is 10.6 Å². The lowest BCUT2D eigenvalue weighted by Gasteiger charge is -2.46. The van der Waals surface area contributed by atoms with Crippen LogP contribution in [0.5, 0.6) is 0 Å². The van der Waals surface area contributed by atoms with Crippen LogP contribution in [0, 0.1) is 0 Å². The minimum absolute atomic E-state index is 0.134. The lowest BCUT2D eigenvalue weighted by atomic mass is 9.97. The summed E-state index contributed by atoms with van der Waals surface area (Å²) in [5.41, 5.74) is 0.445. The number of carbonyl (C=O) groups excluding carboxylic acids is 4. The Morgan fingerprint density at radius 1 is 1.06 bits per heavy atom. The molecule has 10 heteroatoms. The average molecular weight is 456 g/mol. The van der Waals surface area contributed by atoms with Crippen LogP contribution in [0.1, 0.15) is 29.6 Å². The van der Waals surface area contributed by atoms with Gasteiger partial charge in [0.25, 0.3) is 5.91 Å². The maximum Gasteiger partial charge on any atom is 0.310 e. The van der Waals surface area contributed by atoms with Crippen molar-refractivity contribution in [1.82, 2.24) is 20.4 Å². The van der Waals surface area contributed by atoms with E-state index in [1.165, 1.54) is 0 Å². The SMILES string of the molecule is CN1C[C@@H]2CC=CC[C@H](NC(=O)c3ccccc3)C(=O)N2[C@H](C(=O)NC2CC(=O)OC2O)C1. The number of fused-ring (bicyclic) bond motifs is 1. The Hall–Kier alpha value is -3.24.